The fourth-order valence-electron chi connectivity index (χ4n) is 4.40. The number of benzene rings is 3. The Labute approximate surface area is 177 Å². The molecule has 1 unspecified atom stereocenters. The molecular weight excluding hydrogens is 380 g/mol. The van der Waals surface area contributed by atoms with E-state index >= 15 is 0 Å². The summed E-state index contributed by atoms with van der Waals surface area (Å²) in [6.07, 6.45) is 4.40. The highest BCUT2D eigenvalue weighted by molar-refractivity contribution is 6.30. The first-order valence-electron chi connectivity index (χ1n) is 10.4. The lowest BCUT2D eigenvalue weighted by Crippen LogP contribution is -2.52. The van der Waals surface area contributed by atoms with Crippen LogP contribution in [0.2, 0.25) is 5.02 Å². The van der Waals surface area contributed by atoms with Gasteiger partial charge in [-0.3, -0.25) is 4.79 Å². The maximum Gasteiger partial charge on any atom is 0.251 e. The third-order valence-electron chi connectivity index (χ3n) is 5.94. The van der Waals surface area contributed by atoms with Crippen molar-refractivity contribution < 1.29 is 4.79 Å². The molecule has 1 saturated carbocycles. The maximum absolute atomic E-state index is 12.7. The molecule has 0 saturated heterocycles. The van der Waals surface area contributed by atoms with Crippen molar-refractivity contribution in [2.45, 2.75) is 50.7 Å². The van der Waals surface area contributed by atoms with Gasteiger partial charge in [-0.05, 0) is 60.4 Å². The smallest absolute Gasteiger partial charge is 0.251 e. The van der Waals surface area contributed by atoms with Gasteiger partial charge in [0.05, 0.1) is 0 Å². The Hall–Kier alpha value is -2.36. The minimum absolute atomic E-state index is 0.0295. The van der Waals surface area contributed by atoms with Crippen molar-refractivity contribution in [2.75, 3.05) is 0 Å². The van der Waals surface area contributed by atoms with Gasteiger partial charge < -0.3 is 10.6 Å². The normalized spacial score (nSPS) is 20.3. The van der Waals surface area contributed by atoms with Gasteiger partial charge in [0.25, 0.3) is 5.91 Å². The first-order valence-corrected chi connectivity index (χ1v) is 10.8. The molecule has 3 aromatic carbocycles. The van der Waals surface area contributed by atoms with Crippen LogP contribution in [0.25, 0.3) is 10.8 Å². The number of fused-ring (bicyclic) bond motifs is 1. The Morgan fingerprint density at radius 3 is 2.41 bits per heavy atom. The Kier molecular flexibility index (Phi) is 6.17. The summed E-state index contributed by atoms with van der Waals surface area (Å²) >= 11 is 5.95. The third kappa shape index (κ3) is 4.63. The highest BCUT2D eigenvalue weighted by atomic mass is 35.5. The van der Waals surface area contributed by atoms with Gasteiger partial charge in [-0.2, -0.15) is 0 Å². The molecule has 4 heteroatoms. The summed E-state index contributed by atoms with van der Waals surface area (Å²) in [5, 5.41) is 10.2. The molecule has 1 amide bonds. The maximum atomic E-state index is 12.7. The van der Waals surface area contributed by atoms with Gasteiger partial charge in [0, 0.05) is 28.7 Å². The van der Waals surface area contributed by atoms with Gasteiger partial charge in [0.15, 0.2) is 0 Å². The van der Waals surface area contributed by atoms with Gasteiger partial charge in [-0.15, -0.1) is 0 Å². The molecule has 3 atom stereocenters. The number of amides is 1. The van der Waals surface area contributed by atoms with Crippen molar-refractivity contribution in [3.05, 3.63) is 82.9 Å². The van der Waals surface area contributed by atoms with Crippen LogP contribution in [0.3, 0.4) is 0 Å². The highest BCUT2D eigenvalue weighted by Crippen LogP contribution is 2.27. The molecule has 0 heterocycles. The van der Waals surface area contributed by atoms with Gasteiger partial charge in [0.1, 0.15) is 0 Å². The molecule has 0 aromatic heterocycles. The number of hydrogen-bond acceptors (Lipinski definition) is 2. The minimum atomic E-state index is -0.0295. The monoisotopic (exact) mass is 406 g/mol. The lowest BCUT2D eigenvalue weighted by atomic mass is 9.88. The van der Waals surface area contributed by atoms with E-state index in [0.717, 1.165) is 19.3 Å². The number of rotatable bonds is 5. The van der Waals surface area contributed by atoms with Crippen LogP contribution in [-0.4, -0.2) is 18.0 Å². The molecule has 1 aliphatic rings. The number of nitrogens with one attached hydrogen (secondary N) is 2. The number of halogens is 1. The van der Waals surface area contributed by atoms with Crippen LogP contribution >= 0.6 is 11.6 Å². The van der Waals surface area contributed by atoms with Crippen LogP contribution < -0.4 is 10.6 Å². The molecule has 3 aromatic rings. The highest BCUT2D eigenvalue weighted by Gasteiger charge is 2.28. The van der Waals surface area contributed by atoms with Crippen molar-refractivity contribution in [2.24, 2.45) is 0 Å². The summed E-state index contributed by atoms with van der Waals surface area (Å²) in [5.41, 5.74) is 1.96. The molecule has 150 valence electrons. The van der Waals surface area contributed by atoms with Crippen LogP contribution in [0, 0.1) is 0 Å². The largest absolute Gasteiger partial charge is 0.348 e. The molecule has 29 heavy (non-hydrogen) atoms. The average Bonchev–Trinajstić information content (AvgIpc) is 2.75. The van der Waals surface area contributed by atoms with E-state index < -0.39 is 0 Å². The van der Waals surface area contributed by atoms with Gasteiger partial charge in [-0.1, -0.05) is 66.9 Å². The predicted octanol–water partition coefficient (Wildman–Crippen LogP) is 5.89. The SMILES string of the molecule is CC(N[C@H]1CCCC[C@H]1NC(=O)c1ccc(Cl)cc1)c1cccc2ccccc12. The molecular formula is C25H27ClN2O. The van der Waals surface area contributed by atoms with E-state index in [4.69, 9.17) is 11.6 Å². The molecule has 2 N–H and O–H groups in total. The second kappa shape index (κ2) is 8.98. The van der Waals surface area contributed by atoms with Gasteiger partial charge in [0.2, 0.25) is 0 Å². The van der Waals surface area contributed by atoms with Crippen LogP contribution in [0.1, 0.15) is 54.6 Å². The van der Waals surface area contributed by atoms with Crippen molar-refractivity contribution in [3.63, 3.8) is 0 Å². The fraction of sp³-hybridized carbons (Fsp3) is 0.320. The molecule has 4 rings (SSSR count). The Morgan fingerprint density at radius 1 is 0.931 bits per heavy atom. The number of hydrogen-bond donors (Lipinski definition) is 2. The van der Waals surface area contributed by atoms with E-state index in [-0.39, 0.29) is 24.0 Å². The number of carbonyl (C=O) groups is 1. The summed E-state index contributed by atoms with van der Waals surface area (Å²) in [6, 6.07) is 22.7. The van der Waals surface area contributed by atoms with E-state index in [0.29, 0.717) is 10.6 Å². The summed E-state index contributed by atoms with van der Waals surface area (Å²) in [6.45, 7) is 2.22. The Balaban J connectivity index is 1.48. The zero-order valence-electron chi connectivity index (χ0n) is 16.7. The van der Waals surface area contributed by atoms with Crippen LogP contribution in [0.5, 0.6) is 0 Å². The van der Waals surface area contributed by atoms with E-state index in [1.165, 1.54) is 22.8 Å². The summed E-state index contributed by atoms with van der Waals surface area (Å²) < 4.78 is 0. The average molecular weight is 407 g/mol. The van der Waals surface area contributed by atoms with E-state index in [1.807, 2.05) is 0 Å². The Morgan fingerprint density at radius 2 is 1.62 bits per heavy atom. The number of carbonyl (C=O) groups excluding carboxylic acids is 1. The second-order valence-electron chi connectivity index (χ2n) is 7.93. The first-order chi connectivity index (χ1) is 14.1. The lowest BCUT2D eigenvalue weighted by molar-refractivity contribution is 0.0913. The zero-order chi connectivity index (χ0) is 20.2. The fourth-order valence-corrected chi connectivity index (χ4v) is 4.52. The van der Waals surface area contributed by atoms with Crippen LogP contribution in [0.4, 0.5) is 0 Å². The van der Waals surface area contributed by atoms with E-state index in [9.17, 15) is 4.79 Å². The lowest BCUT2D eigenvalue weighted by Gasteiger charge is -2.35. The summed E-state index contributed by atoms with van der Waals surface area (Å²) in [7, 11) is 0. The van der Waals surface area contributed by atoms with Crippen LogP contribution in [0.15, 0.2) is 66.7 Å². The van der Waals surface area contributed by atoms with Crippen molar-refractivity contribution in [1.82, 2.24) is 10.6 Å². The van der Waals surface area contributed by atoms with E-state index in [2.05, 4.69) is 60.0 Å². The zero-order valence-corrected chi connectivity index (χ0v) is 17.5. The molecule has 1 aliphatic carbocycles. The second-order valence-corrected chi connectivity index (χ2v) is 8.37. The quantitative estimate of drug-likeness (QED) is 0.555. The minimum Gasteiger partial charge on any atom is -0.348 e. The first kappa shape index (κ1) is 19.9. The van der Waals surface area contributed by atoms with Crippen LogP contribution in [-0.2, 0) is 0 Å². The van der Waals surface area contributed by atoms with Crippen molar-refractivity contribution in [3.8, 4) is 0 Å². The molecule has 3 nitrogen and oxygen atoms in total. The predicted molar refractivity (Wildman–Crippen MR) is 120 cm³/mol. The van der Waals surface area contributed by atoms with Crippen molar-refractivity contribution in [1.29, 1.82) is 0 Å². The standard InChI is InChI=1S/C25H27ClN2O/c1-17(21-10-6-8-18-7-2-3-9-22(18)21)27-23-11-4-5-12-24(23)28-25(29)19-13-15-20(26)16-14-19/h2-3,6-10,13-17,23-24,27H,4-5,11-12H2,1H3,(H,28,29)/t17?,23-,24+/m0/s1. The van der Waals surface area contributed by atoms with Gasteiger partial charge >= 0.3 is 0 Å². The molecule has 0 aliphatic heterocycles. The Bertz CT molecular complexity index is 980. The molecule has 1 fully saturated rings. The summed E-state index contributed by atoms with van der Waals surface area (Å²) in [4.78, 5) is 12.7. The molecule has 0 radical (unpaired) electrons. The molecule has 0 bridgehead atoms. The van der Waals surface area contributed by atoms with Crippen molar-refractivity contribution >= 4 is 28.3 Å². The topological polar surface area (TPSA) is 41.1 Å². The third-order valence-corrected chi connectivity index (χ3v) is 6.19. The van der Waals surface area contributed by atoms with E-state index in [1.54, 1.807) is 24.3 Å². The van der Waals surface area contributed by atoms with Gasteiger partial charge in [-0.25, -0.2) is 0 Å². The molecule has 0 spiro atoms. The summed E-state index contributed by atoms with van der Waals surface area (Å²) in [5.74, 6) is -0.0295.